The summed E-state index contributed by atoms with van der Waals surface area (Å²) in [4.78, 5) is 34.2. The summed E-state index contributed by atoms with van der Waals surface area (Å²) in [6.07, 6.45) is 3.97. The van der Waals surface area contributed by atoms with Gasteiger partial charge in [-0.15, -0.1) is 0 Å². The number of ether oxygens (including phenoxy) is 1. The van der Waals surface area contributed by atoms with E-state index >= 15 is 0 Å². The summed E-state index contributed by atoms with van der Waals surface area (Å²) in [5, 5.41) is 5.29. The lowest BCUT2D eigenvalue weighted by atomic mass is 10.2. The van der Waals surface area contributed by atoms with E-state index in [0.717, 1.165) is 25.7 Å². The van der Waals surface area contributed by atoms with Gasteiger partial charge in [0.2, 0.25) is 15.9 Å². The third-order valence-electron chi connectivity index (χ3n) is 3.98. The molecule has 0 aliphatic heterocycles. The summed E-state index contributed by atoms with van der Waals surface area (Å²) >= 11 is 0. The number of benzene rings is 1. The fourth-order valence-electron chi connectivity index (χ4n) is 2.69. The smallest absolute Gasteiger partial charge is 0.321 e. The van der Waals surface area contributed by atoms with Crippen molar-refractivity contribution in [3.05, 3.63) is 24.3 Å². The zero-order valence-corrected chi connectivity index (χ0v) is 15.8. The summed E-state index contributed by atoms with van der Waals surface area (Å²) in [6.45, 7) is 0.306. The molecular formula is C17H23N3O6S. The molecule has 0 unspecified atom stereocenters. The van der Waals surface area contributed by atoms with Crippen LogP contribution >= 0.6 is 0 Å². The third kappa shape index (κ3) is 6.99. The number of esters is 1. The van der Waals surface area contributed by atoms with E-state index in [1.54, 1.807) is 0 Å². The molecular weight excluding hydrogens is 374 g/mol. The van der Waals surface area contributed by atoms with Gasteiger partial charge in [-0.1, -0.05) is 12.8 Å². The predicted octanol–water partition coefficient (Wildman–Crippen LogP) is 0.525. The molecule has 0 saturated heterocycles. The van der Waals surface area contributed by atoms with Crippen LogP contribution in [0, 0.1) is 0 Å². The summed E-state index contributed by atoms with van der Waals surface area (Å²) in [7, 11) is -3.92. The molecule has 0 aromatic heterocycles. The topological polar surface area (TPSA) is 131 Å². The first-order chi connectivity index (χ1) is 12.8. The van der Waals surface area contributed by atoms with Gasteiger partial charge in [-0.05, 0) is 37.1 Å². The van der Waals surface area contributed by atoms with Crippen LogP contribution in [0.2, 0.25) is 0 Å². The van der Waals surface area contributed by atoms with Crippen molar-refractivity contribution < 1.29 is 27.5 Å². The second-order valence-electron chi connectivity index (χ2n) is 6.24. The molecule has 3 N–H and O–H groups in total. The summed E-state index contributed by atoms with van der Waals surface area (Å²) in [6, 6.07) is 5.58. The Labute approximate surface area is 157 Å². The molecule has 1 saturated carbocycles. The van der Waals surface area contributed by atoms with Gasteiger partial charge in [0.05, 0.1) is 4.90 Å². The van der Waals surface area contributed by atoms with Crippen LogP contribution in [-0.2, 0) is 29.1 Å². The van der Waals surface area contributed by atoms with Crippen LogP contribution in [0.25, 0.3) is 0 Å². The van der Waals surface area contributed by atoms with Crippen molar-refractivity contribution in [3.63, 3.8) is 0 Å². The molecule has 1 aliphatic rings. The van der Waals surface area contributed by atoms with Crippen molar-refractivity contribution in [2.75, 3.05) is 18.5 Å². The number of nitrogens with one attached hydrogen (secondary N) is 3. The number of anilines is 1. The average Bonchev–Trinajstić information content (AvgIpc) is 3.11. The van der Waals surface area contributed by atoms with Crippen molar-refractivity contribution >= 4 is 33.5 Å². The van der Waals surface area contributed by atoms with Gasteiger partial charge in [-0.25, -0.2) is 8.42 Å². The SMILES string of the molecule is CC(=O)Nc1ccc(S(=O)(=O)NCC(=O)OCC(=O)NC2CCCC2)cc1. The molecule has 0 bridgehead atoms. The van der Waals surface area contributed by atoms with E-state index in [9.17, 15) is 22.8 Å². The zero-order chi connectivity index (χ0) is 19.9. The maximum atomic E-state index is 12.2. The molecule has 2 amide bonds. The minimum Gasteiger partial charge on any atom is -0.455 e. The Morgan fingerprint density at radius 1 is 1.11 bits per heavy atom. The van der Waals surface area contributed by atoms with E-state index < -0.39 is 35.1 Å². The molecule has 10 heteroatoms. The second kappa shape index (κ2) is 9.47. The van der Waals surface area contributed by atoms with Crippen molar-refractivity contribution in [3.8, 4) is 0 Å². The first kappa shape index (κ1) is 20.8. The van der Waals surface area contributed by atoms with Crippen LogP contribution in [0.15, 0.2) is 29.2 Å². The van der Waals surface area contributed by atoms with E-state index in [0.29, 0.717) is 5.69 Å². The lowest BCUT2D eigenvalue weighted by Gasteiger charge is -2.12. The van der Waals surface area contributed by atoms with Crippen LogP contribution in [0.1, 0.15) is 32.6 Å². The highest BCUT2D eigenvalue weighted by Gasteiger charge is 2.19. The fourth-order valence-corrected chi connectivity index (χ4v) is 3.66. The Bertz CT molecular complexity index is 785. The van der Waals surface area contributed by atoms with Crippen molar-refractivity contribution in [2.45, 2.75) is 43.5 Å². The number of carbonyl (C=O) groups excluding carboxylic acids is 3. The van der Waals surface area contributed by atoms with Gasteiger partial charge < -0.3 is 15.4 Å². The number of amides is 2. The Balaban J connectivity index is 1.77. The molecule has 0 atom stereocenters. The van der Waals surface area contributed by atoms with Crippen LogP contribution in [0.4, 0.5) is 5.69 Å². The monoisotopic (exact) mass is 397 g/mol. The minimum absolute atomic E-state index is 0.0663. The van der Waals surface area contributed by atoms with E-state index in [1.165, 1.54) is 31.2 Å². The molecule has 1 aromatic carbocycles. The molecule has 1 aliphatic carbocycles. The molecule has 2 rings (SSSR count). The third-order valence-corrected chi connectivity index (χ3v) is 5.39. The number of hydrogen-bond acceptors (Lipinski definition) is 6. The zero-order valence-electron chi connectivity index (χ0n) is 15.0. The van der Waals surface area contributed by atoms with E-state index in [4.69, 9.17) is 4.74 Å². The molecule has 0 radical (unpaired) electrons. The first-order valence-electron chi connectivity index (χ1n) is 8.58. The highest BCUT2D eigenvalue weighted by molar-refractivity contribution is 7.89. The quantitative estimate of drug-likeness (QED) is 0.548. The number of hydrogen-bond donors (Lipinski definition) is 3. The first-order valence-corrected chi connectivity index (χ1v) is 10.1. The summed E-state index contributed by atoms with van der Waals surface area (Å²) in [5.41, 5.74) is 0.453. The Morgan fingerprint density at radius 2 is 1.74 bits per heavy atom. The molecule has 1 aromatic rings. The number of sulfonamides is 1. The van der Waals surface area contributed by atoms with Crippen molar-refractivity contribution in [1.29, 1.82) is 0 Å². The highest BCUT2D eigenvalue weighted by Crippen LogP contribution is 2.17. The van der Waals surface area contributed by atoms with Gasteiger partial charge in [-0.3, -0.25) is 14.4 Å². The highest BCUT2D eigenvalue weighted by atomic mass is 32.2. The lowest BCUT2D eigenvalue weighted by molar-refractivity contribution is -0.147. The molecule has 9 nitrogen and oxygen atoms in total. The number of rotatable bonds is 8. The van der Waals surface area contributed by atoms with Gasteiger partial charge in [0.15, 0.2) is 6.61 Å². The fraction of sp³-hybridized carbons (Fsp3) is 0.471. The Hall–Kier alpha value is -2.46. The molecule has 1 fully saturated rings. The molecule has 148 valence electrons. The lowest BCUT2D eigenvalue weighted by Crippen LogP contribution is -2.37. The number of carbonyl (C=O) groups is 3. The Kier molecular flexibility index (Phi) is 7.31. The summed E-state index contributed by atoms with van der Waals surface area (Å²) in [5.74, 6) is -1.52. The van der Waals surface area contributed by atoms with E-state index in [2.05, 4.69) is 15.4 Å². The molecule has 0 heterocycles. The standard InChI is InChI=1S/C17H23N3O6S/c1-12(21)19-14-6-8-15(9-7-14)27(24,25)18-10-17(23)26-11-16(22)20-13-4-2-3-5-13/h6-9,13,18H,2-5,10-11H2,1H3,(H,19,21)(H,20,22). The van der Waals surface area contributed by atoms with Gasteiger partial charge in [0, 0.05) is 18.7 Å². The minimum atomic E-state index is -3.92. The van der Waals surface area contributed by atoms with Gasteiger partial charge in [-0.2, -0.15) is 4.72 Å². The molecule has 0 spiro atoms. The average molecular weight is 397 g/mol. The van der Waals surface area contributed by atoms with Gasteiger partial charge in [0.25, 0.3) is 5.91 Å². The predicted molar refractivity (Wildman–Crippen MR) is 97.3 cm³/mol. The van der Waals surface area contributed by atoms with Crippen LogP contribution in [0.5, 0.6) is 0 Å². The maximum Gasteiger partial charge on any atom is 0.321 e. The van der Waals surface area contributed by atoms with Crippen LogP contribution in [-0.4, -0.2) is 45.4 Å². The van der Waals surface area contributed by atoms with Crippen molar-refractivity contribution in [2.24, 2.45) is 0 Å². The van der Waals surface area contributed by atoms with Gasteiger partial charge in [0.1, 0.15) is 6.54 Å². The van der Waals surface area contributed by atoms with Crippen LogP contribution in [0.3, 0.4) is 0 Å². The normalized spacial score (nSPS) is 14.6. The van der Waals surface area contributed by atoms with Crippen molar-refractivity contribution in [1.82, 2.24) is 10.0 Å². The van der Waals surface area contributed by atoms with Crippen LogP contribution < -0.4 is 15.4 Å². The Morgan fingerprint density at radius 3 is 2.33 bits per heavy atom. The molecule has 27 heavy (non-hydrogen) atoms. The largest absolute Gasteiger partial charge is 0.455 e. The van der Waals surface area contributed by atoms with E-state index in [1.807, 2.05) is 0 Å². The van der Waals surface area contributed by atoms with E-state index in [-0.39, 0.29) is 16.8 Å². The maximum absolute atomic E-state index is 12.2. The van der Waals surface area contributed by atoms with Gasteiger partial charge >= 0.3 is 5.97 Å². The second-order valence-corrected chi connectivity index (χ2v) is 8.01. The summed E-state index contributed by atoms with van der Waals surface area (Å²) < 4.78 is 31.2.